The van der Waals surface area contributed by atoms with Crippen molar-refractivity contribution < 1.29 is 9.53 Å². The Labute approximate surface area is 177 Å². The van der Waals surface area contributed by atoms with Gasteiger partial charge >= 0.3 is 0 Å². The maximum Gasteiger partial charge on any atom is 0.224 e. The number of nitrogens with zero attached hydrogens (tertiary/aromatic N) is 2. The molecule has 5 nitrogen and oxygen atoms in total. The number of amides is 1. The van der Waals surface area contributed by atoms with Crippen molar-refractivity contribution in [3.05, 3.63) is 64.9 Å². The van der Waals surface area contributed by atoms with E-state index in [4.69, 9.17) is 16.3 Å². The molecular weight excluding hydrogens is 386 g/mol. The molecule has 154 valence electrons. The number of nitrogens with one attached hydrogen (secondary N) is 1. The molecule has 2 aromatic rings. The van der Waals surface area contributed by atoms with Gasteiger partial charge in [0, 0.05) is 43.6 Å². The van der Waals surface area contributed by atoms with E-state index in [2.05, 4.69) is 21.3 Å². The number of aromatic nitrogens is 1. The molecule has 2 aliphatic heterocycles. The zero-order valence-corrected chi connectivity index (χ0v) is 17.4. The Morgan fingerprint density at radius 2 is 1.97 bits per heavy atom. The molecule has 0 bridgehead atoms. The Bertz CT molecular complexity index is 805. The van der Waals surface area contributed by atoms with Crippen molar-refractivity contribution in [1.82, 2.24) is 15.2 Å². The summed E-state index contributed by atoms with van der Waals surface area (Å²) in [5, 5.41) is 3.72. The van der Waals surface area contributed by atoms with Crippen molar-refractivity contribution in [2.45, 2.75) is 50.4 Å². The number of halogens is 1. The lowest BCUT2D eigenvalue weighted by Crippen LogP contribution is -2.45. The molecule has 1 N–H and O–H groups in total. The van der Waals surface area contributed by atoms with E-state index in [-0.39, 0.29) is 17.6 Å². The Balaban J connectivity index is 1.19. The molecular formula is C23H28ClN3O2. The number of pyridine rings is 1. The van der Waals surface area contributed by atoms with Gasteiger partial charge in [0.2, 0.25) is 5.91 Å². The number of benzene rings is 1. The maximum absolute atomic E-state index is 12.2. The van der Waals surface area contributed by atoms with Crippen molar-refractivity contribution in [2.75, 3.05) is 19.6 Å². The number of carbonyl (C=O) groups is 1. The fraction of sp³-hybridized carbons (Fsp3) is 0.478. The highest BCUT2D eigenvalue weighted by molar-refractivity contribution is 6.30. The predicted molar refractivity (Wildman–Crippen MR) is 114 cm³/mol. The van der Waals surface area contributed by atoms with Gasteiger partial charge in [-0.3, -0.25) is 14.7 Å². The molecule has 0 aliphatic carbocycles. The van der Waals surface area contributed by atoms with Crippen LogP contribution in [0.15, 0.2) is 48.8 Å². The smallest absolute Gasteiger partial charge is 0.224 e. The molecule has 1 aromatic carbocycles. The third kappa shape index (κ3) is 5.56. The average Bonchev–Trinajstić information content (AvgIpc) is 3.14. The van der Waals surface area contributed by atoms with Crippen LogP contribution in [0.4, 0.5) is 0 Å². The third-order valence-electron chi connectivity index (χ3n) is 6.04. The Hall–Kier alpha value is -1.95. The van der Waals surface area contributed by atoms with Crippen LogP contribution in [0.5, 0.6) is 0 Å². The van der Waals surface area contributed by atoms with E-state index in [9.17, 15) is 4.79 Å². The summed E-state index contributed by atoms with van der Waals surface area (Å²) in [6.45, 7) is 3.64. The molecule has 2 saturated heterocycles. The summed E-state index contributed by atoms with van der Waals surface area (Å²) in [6, 6.07) is 11.5. The molecule has 4 rings (SSSR count). The van der Waals surface area contributed by atoms with Crippen LogP contribution in [0.2, 0.25) is 5.02 Å². The van der Waals surface area contributed by atoms with Crippen LogP contribution in [-0.4, -0.2) is 47.1 Å². The summed E-state index contributed by atoms with van der Waals surface area (Å²) in [5.41, 5.74) is 2.23. The SMILES string of the molecule is O=C(Cc1ccc(Cl)cc1)NC[C@H]1CCC2(CCN(Cc3cccnc3)CC2)O1. The van der Waals surface area contributed by atoms with Crippen LogP contribution in [0.3, 0.4) is 0 Å². The van der Waals surface area contributed by atoms with Crippen molar-refractivity contribution >= 4 is 17.5 Å². The molecule has 6 heteroatoms. The van der Waals surface area contributed by atoms with E-state index in [0.717, 1.165) is 50.9 Å². The van der Waals surface area contributed by atoms with Crippen LogP contribution in [0.25, 0.3) is 0 Å². The molecule has 1 amide bonds. The van der Waals surface area contributed by atoms with Crippen molar-refractivity contribution in [3.8, 4) is 0 Å². The first-order valence-corrected chi connectivity index (χ1v) is 10.8. The molecule has 2 fully saturated rings. The highest BCUT2D eigenvalue weighted by atomic mass is 35.5. The van der Waals surface area contributed by atoms with Gasteiger partial charge in [-0.15, -0.1) is 0 Å². The zero-order chi connectivity index (χ0) is 20.1. The van der Waals surface area contributed by atoms with Gasteiger partial charge in [0.1, 0.15) is 0 Å². The maximum atomic E-state index is 12.2. The summed E-state index contributed by atoms with van der Waals surface area (Å²) < 4.78 is 6.43. The topological polar surface area (TPSA) is 54.5 Å². The Morgan fingerprint density at radius 1 is 1.17 bits per heavy atom. The quantitative estimate of drug-likeness (QED) is 0.786. The second kappa shape index (κ2) is 9.24. The minimum Gasteiger partial charge on any atom is -0.370 e. The van der Waals surface area contributed by atoms with Crippen molar-refractivity contribution in [2.24, 2.45) is 0 Å². The minimum atomic E-state index is -0.00297. The van der Waals surface area contributed by atoms with E-state index < -0.39 is 0 Å². The van der Waals surface area contributed by atoms with E-state index >= 15 is 0 Å². The van der Waals surface area contributed by atoms with Crippen LogP contribution in [0.1, 0.15) is 36.8 Å². The molecule has 1 atom stereocenters. The van der Waals surface area contributed by atoms with E-state index in [0.29, 0.717) is 18.0 Å². The van der Waals surface area contributed by atoms with Crippen molar-refractivity contribution in [1.29, 1.82) is 0 Å². The zero-order valence-electron chi connectivity index (χ0n) is 16.6. The average molecular weight is 414 g/mol. The fourth-order valence-corrected chi connectivity index (χ4v) is 4.48. The number of likely N-dealkylation sites (tertiary alicyclic amines) is 1. The Kier molecular flexibility index (Phi) is 6.48. The number of hydrogen-bond acceptors (Lipinski definition) is 4. The highest BCUT2D eigenvalue weighted by Crippen LogP contribution is 2.39. The van der Waals surface area contributed by atoms with E-state index in [1.807, 2.05) is 42.7 Å². The number of rotatable bonds is 6. The minimum absolute atomic E-state index is 0.00297. The summed E-state index contributed by atoms with van der Waals surface area (Å²) in [7, 11) is 0. The van der Waals surface area contributed by atoms with Gasteiger partial charge < -0.3 is 10.1 Å². The third-order valence-corrected chi connectivity index (χ3v) is 6.29. The monoisotopic (exact) mass is 413 g/mol. The molecule has 0 radical (unpaired) electrons. The summed E-state index contributed by atoms with van der Waals surface area (Å²) in [4.78, 5) is 18.9. The lowest BCUT2D eigenvalue weighted by molar-refractivity contribution is -0.122. The van der Waals surface area contributed by atoms with Gasteiger partial charge in [0.05, 0.1) is 18.1 Å². The van der Waals surface area contributed by atoms with Crippen molar-refractivity contribution in [3.63, 3.8) is 0 Å². The first-order valence-electron chi connectivity index (χ1n) is 10.4. The molecule has 0 unspecified atom stereocenters. The predicted octanol–water partition coefficient (Wildman–Crippen LogP) is 3.61. The van der Waals surface area contributed by atoms with E-state index in [1.54, 1.807) is 0 Å². The summed E-state index contributed by atoms with van der Waals surface area (Å²) in [5.74, 6) is 0.0307. The lowest BCUT2D eigenvalue weighted by Gasteiger charge is -2.39. The second-order valence-corrected chi connectivity index (χ2v) is 8.64. The van der Waals surface area contributed by atoms with E-state index in [1.165, 1.54) is 5.56 Å². The van der Waals surface area contributed by atoms with Gasteiger partial charge in [0.15, 0.2) is 0 Å². The van der Waals surface area contributed by atoms with Gasteiger partial charge in [-0.2, -0.15) is 0 Å². The molecule has 1 aromatic heterocycles. The highest BCUT2D eigenvalue weighted by Gasteiger charge is 2.42. The number of piperidine rings is 1. The van der Waals surface area contributed by atoms with Crippen LogP contribution >= 0.6 is 11.6 Å². The molecule has 3 heterocycles. The van der Waals surface area contributed by atoms with Crippen LogP contribution in [0, 0.1) is 0 Å². The van der Waals surface area contributed by atoms with Gasteiger partial charge in [0.25, 0.3) is 0 Å². The molecule has 0 saturated carbocycles. The summed E-state index contributed by atoms with van der Waals surface area (Å²) >= 11 is 5.89. The standard InChI is InChI=1S/C23H28ClN3O2/c24-20-5-3-18(4-6-20)14-22(28)26-16-21-7-8-23(29-21)9-12-27(13-10-23)17-19-2-1-11-25-15-19/h1-6,11,15,21H,7-10,12-14,16-17H2,(H,26,28)/t21-/m1/s1. The van der Waals surface area contributed by atoms with Crippen LogP contribution < -0.4 is 5.32 Å². The summed E-state index contributed by atoms with van der Waals surface area (Å²) in [6.07, 6.45) is 8.47. The molecule has 1 spiro atoms. The van der Waals surface area contributed by atoms with Gasteiger partial charge in [-0.1, -0.05) is 29.8 Å². The van der Waals surface area contributed by atoms with Crippen LogP contribution in [-0.2, 0) is 22.5 Å². The fourth-order valence-electron chi connectivity index (χ4n) is 4.35. The van der Waals surface area contributed by atoms with Gasteiger partial charge in [-0.25, -0.2) is 0 Å². The molecule has 2 aliphatic rings. The second-order valence-electron chi connectivity index (χ2n) is 8.21. The lowest BCUT2D eigenvalue weighted by atomic mass is 9.88. The first-order chi connectivity index (χ1) is 14.1. The molecule has 29 heavy (non-hydrogen) atoms. The first kappa shape index (κ1) is 20.3. The number of carbonyl (C=O) groups excluding carboxylic acids is 1. The van der Waals surface area contributed by atoms with Gasteiger partial charge in [-0.05, 0) is 55.0 Å². The Morgan fingerprint density at radius 3 is 2.69 bits per heavy atom. The number of ether oxygens (including phenoxy) is 1. The number of hydrogen-bond donors (Lipinski definition) is 1. The largest absolute Gasteiger partial charge is 0.370 e. The normalized spacial score (nSPS) is 21.3.